The zero-order valence-corrected chi connectivity index (χ0v) is 50.2. The largest absolute Gasteiger partial charge is 0.454 e. The molecule has 0 unspecified atom stereocenters. The summed E-state index contributed by atoms with van der Waals surface area (Å²) >= 11 is 0. The van der Waals surface area contributed by atoms with Gasteiger partial charge in [0.05, 0.1) is 44.5 Å². The molecule has 0 saturated carbocycles. The highest BCUT2D eigenvalue weighted by Gasteiger charge is 2.32. The van der Waals surface area contributed by atoms with Crippen molar-refractivity contribution in [2.24, 2.45) is 0 Å². The van der Waals surface area contributed by atoms with Gasteiger partial charge in [-0.3, -0.25) is 0 Å². The monoisotopic (exact) mass is 1150 g/mol. The first-order valence-corrected chi connectivity index (χ1v) is 31.5. The zero-order valence-electron chi connectivity index (χ0n) is 50.2. The summed E-state index contributed by atoms with van der Waals surface area (Å²) in [5.41, 5.74) is 24.2. The number of rotatable bonds is 10. The van der Waals surface area contributed by atoms with Crippen molar-refractivity contribution in [2.45, 2.75) is 39.5 Å². The van der Waals surface area contributed by atoms with E-state index < -0.39 is 0 Å². The van der Waals surface area contributed by atoms with Gasteiger partial charge in [-0.05, 0) is 119 Å². The molecule has 0 N–H and O–H groups in total. The van der Waals surface area contributed by atoms with Crippen LogP contribution in [0.5, 0.6) is 0 Å². The summed E-state index contributed by atoms with van der Waals surface area (Å²) in [5, 5.41) is 14.1. The van der Waals surface area contributed by atoms with E-state index in [-0.39, 0.29) is 0 Å². The molecule has 0 spiro atoms. The molecule has 90 heavy (non-hydrogen) atoms. The van der Waals surface area contributed by atoms with Gasteiger partial charge in [0.1, 0.15) is 11.2 Å². The van der Waals surface area contributed by atoms with Crippen LogP contribution in [0.3, 0.4) is 0 Å². The number of benzene rings is 13. The summed E-state index contributed by atoms with van der Waals surface area (Å²) in [7, 11) is 0. The molecule has 426 valence electrons. The lowest BCUT2D eigenvalue weighted by Gasteiger charge is -2.26. The second-order valence-electron chi connectivity index (χ2n) is 25.1. The molecule has 13 aromatic carbocycles. The molecular weight excluding hydrogens is 1100 g/mol. The van der Waals surface area contributed by atoms with E-state index in [0.717, 1.165) is 89.0 Å². The molecule has 0 amide bonds. The Morgan fingerprint density at radius 1 is 0.289 bits per heavy atom. The fourth-order valence-corrected chi connectivity index (χ4v) is 15.4. The van der Waals surface area contributed by atoms with Crippen molar-refractivity contribution < 1.29 is 8.83 Å². The lowest BCUT2D eigenvalue weighted by molar-refractivity contribution is 0.668. The molecule has 6 heterocycles. The van der Waals surface area contributed by atoms with Gasteiger partial charge in [0.2, 0.25) is 0 Å². The Bertz CT molecular complexity index is 5710. The van der Waals surface area contributed by atoms with E-state index in [0.29, 0.717) is 11.8 Å². The number of nitrogens with zero attached hydrogens (tertiary/aromatic N) is 4. The van der Waals surface area contributed by atoms with E-state index in [4.69, 9.17) is 8.83 Å². The number of fused-ring (bicyclic) bond motifs is 18. The van der Waals surface area contributed by atoms with Crippen LogP contribution in [0.2, 0.25) is 0 Å². The van der Waals surface area contributed by atoms with Gasteiger partial charge >= 0.3 is 0 Å². The van der Waals surface area contributed by atoms with Crippen LogP contribution >= 0.6 is 0 Å². The van der Waals surface area contributed by atoms with Gasteiger partial charge in [0.15, 0.2) is 11.2 Å². The Hall–Kier alpha value is -11.3. The maximum absolute atomic E-state index is 6.82. The maximum Gasteiger partial charge on any atom is 0.159 e. The molecule has 0 saturated heterocycles. The Morgan fingerprint density at radius 2 is 0.644 bits per heavy atom. The first-order chi connectivity index (χ1) is 44.3. The highest BCUT2D eigenvalue weighted by molar-refractivity contribution is 6.38. The SMILES string of the molecule is CC(C)c1ccc(N(c2ccc3c(c2)c2cccc4c5c(-c6ccccc6)c6c(c(-c7ccccc7)c5n3c24)c2cccc3c4cc(N(c5ccc(C(C)C)cc5)c5cccc7c5oc5ccccc57)ccc4n6c32)c2cccc3c2oc2ccccc23)cc1. The van der Waals surface area contributed by atoms with Gasteiger partial charge in [-0.1, -0.05) is 210 Å². The second kappa shape index (κ2) is 19.1. The number of hydrogen-bond donors (Lipinski definition) is 0. The van der Waals surface area contributed by atoms with Gasteiger partial charge in [-0.25, -0.2) is 0 Å². The third-order valence-corrected chi connectivity index (χ3v) is 19.5. The Balaban J connectivity index is 0.896. The van der Waals surface area contributed by atoms with Crippen LogP contribution in [-0.2, 0) is 0 Å². The fourth-order valence-electron chi connectivity index (χ4n) is 15.4. The van der Waals surface area contributed by atoms with Gasteiger partial charge in [-0.2, -0.15) is 0 Å². The lowest BCUT2D eigenvalue weighted by atomic mass is 9.89. The topological polar surface area (TPSA) is 41.6 Å². The van der Waals surface area contributed by atoms with E-state index in [9.17, 15) is 0 Å². The van der Waals surface area contributed by atoms with Crippen molar-refractivity contribution in [3.63, 3.8) is 0 Å². The van der Waals surface area contributed by atoms with Gasteiger partial charge in [0.25, 0.3) is 0 Å². The molecule has 0 aliphatic carbocycles. The summed E-state index contributed by atoms with van der Waals surface area (Å²) in [6.07, 6.45) is 0. The zero-order chi connectivity index (χ0) is 59.6. The maximum atomic E-state index is 6.82. The Morgan fingerprint density at radius 3 is 1.07 bits per heavy atom. The van der Waals surface area contributed by atoms with Gasteiger partial charge in [0, 0.05) is 98.5 Å². The highest BCUT2D eigenvalue weighted by atomic mass is 16.3. The normalized spacial score (nSPS) is 12.4. The number of anilines is 6. The quantitative estimate of drug-likeness (QED) is 0.137. The fraction of sp³-hybridized carbons (Fsp3) is 0.0714. The number of aromatic nitrogens is 2. The molecular formula is C84H58N4O2. The van der Waals surface area contributed by atoms with Crippen LogP contribution in [0.25, 0.3) is 142 Å². The van der Waals surface area contributed by atoms with Crippen LogP contribution in [0.15, 0.2) is 276 Å². The lowest BCUT2D eigenvalue weighted by Crippen LogP contribution is -2.10. The van der Waals surface area contributed by atoms with E-state index in [1.165, 1.54) is 98.5 Å². The number of para-hydroxylation sites is 6. The van der Waals surface area contributed by atoms with Crippen molar-refractivity contribution in [3.8, 4) is 22.3 Å². The average Bonchev–Trinajstić information content (AvgIpc) is 1.50. The summed E-state index contributed by atoms with van der Waals surface area (Å²) in [4.78, 5) is 4.78. The number of furan rings is 2. The van der Waals surface area contributed by atoms with E-state index in [1.807, 2.05) is 0 Å². The molecule has 0 radical (unpaired) electrons. The standard InChI is InChI=1S/C84H58N4O2/c1-49(2)51-35-39-55(40-36-51)85(71-31-17-27-63-59-23-11-13-33-73(59)89-83(63)71)57-43-45-69-67(47-57)61-25-15-29-65-77-76(54-21-9-6-10-22-54)82-78(75(53-19-7-5-8-20-53)81(77)87(69)79(61)65)66-30-16-26-62-68-48-58(44-46-70(68)88(82)80(62)66)86(56-41-37-52(38-42-56)50(3)4)72-32-18-28-64-60-24-12-14-34-74(60)90-84(64)72/h5-50H,1-4H3. The van der Waals surface area contributed by atoms with Crippen molar-refractivity contribution in [2.75, 3.05) is 9.80 Å². The smallest absolute Gasteiger partial charge is 0.159 e. The molecule has 19 aromatic rings. The summed E-state index contributed by atoms with van der Waals surface area (Å²) in [6.45, 7) is 9.02. The van der Waals surface area contributed by atoms with E-state index in [1.54, 1.807) is 0 Å². The van der Waals surface area contributed by atoms with Gasteiger partial charge < -0.3 is 27.4 Å². The minimum absolute atomic E-state index is 0.402. The summed E-state index contributed by atoms with van der Waals surface area (Å²) in [5.74, 6) is 0.803. The van der Waals surface area contributed by atoms with Crippen LogP contribution in [0, 0.1) is 0 Å². The molecule has 0 aliphatic rings. The Labute approximate surface area is 518 Å². The van der Waals surface area contributed by atoms with Crippen LogP contribution in [0.4, 0.5) is 34.1 Å². The molecule has 6 aromatic heterocycles. The minimum atomic E-state index is 0.402. The average molecular weight is 1160 g/mol. The molecule has 0 atom stereocenters. The van der Waals surface area contributed by atoms with Crippen LogP contribution < -0.4 is 9.80 Å². The van der Waals surface area contributed by atoms with Gasteiger partial charge in [-0.15, -0.1) is 0 Å². The molecule has 19 rings (SSSR count). The predicted octanol–water partition coefficient (Wildman–Crippen LogP) is 24.3. The third-order valence-electron chi connectivity index (χ3n) is 19.5. The first kappa shape index (κ1) is 50.8. The number of hydrogen-bond acceptors (Lipinski definition) is 4. The highest BCUT2D eigenvalue weighted by Crippen LogP contribution is 2.55. The minimum Gasteiger partial charge on any atom is -0.454 e. The molecule has 0 aliphatic heterocycles. The van der Waals surface area contributed by atoms with Crippen LogP contribution in [0.1, 0.15) is 50.7 Å². The molecule has 6 nitrogen and oxygen atoms in total. The first-order valence-electron chi connectivity index (χ1n) is 31.5. The van der Waals surface area contributed by atoms with Crippen molar-refractivity contribution in [1.29, 1.82) is 0 Å². The van der Waals surface area contributed by atoms with Crippen molar-refractivity contribution >= 4 is 154 Å². The van der Waals surface area contributed by atoms with Crippen molar-refractivity contribution in [3.05, 3.63) is 278 Å². The Kier molecular flexibility index (Phi) is 10.8. The van der Waals surface area contributed by atoms with E-state index >= 15 is 0 Å². The predicted molar refractivity (Wildman–Crippen MR) is 379 cm³/mol. The van der Waals surface area contributed by atoms with Crippen LogP contribution in [-0.4, -0.2) is 8.80 Å². The molecule has 0 bridgehead atoms. The second-order valence-corrected chi connectivity index (χ2v) is 25.1. The third kappa shape index (κ3) is 7.10. The summed E-state index contributed by atoms with van der Waals surface area (Å²) in [6, 6.07) is 98.5. The molecule has 0 fully saturated rings. The summed E-state index contributed by atoms with van der Waals surface area (Å²) < 4.78 is 18.9. The van der Waals surface area contributed by atoms with E-state index in [2.05, 4.69) is 313 Å². The molecule has 6 heteroatoms. The van der Waals surface area contributed by atoms with Crippen molar-refractivity contribution in [1.82, 2.24) is 8.80 Å².